The molecule has 0 fully saturated rings. The van der Waals surface area contributed by atoms with Gasteiger partial charge in [-0.05, 0) is 31.8 Å². The largest absolute Gasteiger partial charge is 0.0847 e. The second kappa shape index (κ2) is 3.73. The third-order valence-corrected chi connectivity index (χ3v) is 1.72. The van der Waals surface area contributed by atoms with Crippen LogP contribution in [0, 0.1) is 0 Å². The van der Waals surface area contributed by atoms with Gasteiger partial charge >= 0.3 is 0 Å². The fourth-order valence-electron chi connectivity index (χ4n) is 0.910. The molecule has 0 N–H and O–H groups in total. The molecule has 1 heteroatoms. The average Bonchev–Trinajstić information content (AvgIpc) is 1.79. The van der Waals surface area contributed by atoms with Crippen molar-refractivity contribution in [2.75, 3.05) is 0 Å². The van der Waals surface area contributed by atoms with Crippen LogP contribution >= 0.6 is 11.6 Å². The van der Waals surface area contributed by atoms with Crippen molar-refractivity contribution < 1.29 is 0 Å². The number of rotatable bonds is 0. The van der Waals surface area contributed by atoms with E-state index < -0.39 is 0 Å². The molecule has 0 spiro atoms. The Morgan fingerprint density at radius 2 is 2.00 bits per heavy atom. The highest BCUT2D eigenvalue weighted by molar-refractivity contribution is 6.31. The highest BCUT2D eigenvalue weighted by Gasteiger charge is 1.90. The number of hydrogen-bond donors (Lipinski definition) is 0. The highest BCUT2D eigenvalue weighted by atomic mass is 35.5. The number of hydrogen-bond acceptors (Lipinski definition) is 0. The molecular formula is C8H11Cl. The first kappa shape index (κ1) is 6.88. The van der Waals surface area contributed by atoms with Gasteiger partial charge in [-0.3, -0.25) is 0 Å². The molecule has 0 heterocycles. The van der Waals surface area contributed by atoms with E-state index >= 15 is 0 Å². The molecule has 0 amide bonds. The minimum atomic E-state index is 0.898. The van der Waals surface area contributed by atoms with E-state index in [2.05, 4.69) is 12.2 Å². The highest BCUT2D eigenvalue weighted by Crippen LogP contribution is 2.12. The molecule has 0 atom stereocenters. The van der Waals surface area contributed by atoms with E-state index in [-0.39, 0.29) is 0 Å². The molecule has 0 nitrogen and oxygen atoms in total. The molecule has 0 radical (unpaired) electrons. The van der Waals surface area contributed by atoms with E-state index in [9.17, 15) is 0 Å². The Labute approximate surface area is 61.2 Å². The molecule has 0 saturated heterocycles. The summed E-state index contributed by atoms with van der Waals surface area (Å²) in [5, 5.41) is 0.898. The van der Waals surface area contributed by atoms with Crippen LogP contribution in [0.1, 0.15) is 25.7 Å². The van der Waals surface area contributed by atoms with Gasteiger partial charge in [-0.2, -0.15) is 0 Å². The van der Waals surface area contributed by atoms with Crippen LogP contribution in [-0.4, -0.2) is 0 Å². The molecule has 0 aromatic heterocycles. The second-order valence-electron chi connectivity index (χ2n) is 2.28. The van der Waals surface area contributed by atoms with Gasteiger partial charge in [0.1, 0.15) is 0 Å². The van der Waals surface area contributed by atoms with Crippen molar-refractivity contribution in [2.24, 2.45) is 0 Å². The molecule has 0 aromatic rings. The molecule has 1 aliphatic rings. The fraction of sp³-hybridized carbons (Fsp3) is 0.500. The van der Waals surface area contributed by atoms with Gasteiger partial charge in [0, 0.05) is 5.03 Å². The van der Waals surface area contributed by atoms with Crippen molar-refractivity contribution in [1.29, 1.82) is 0 Å². The summed E-state index contributed by atoms with van der Waals surface area (Å²) in [6.45, 7) is 0. The van der Waals surface area contributed by atoms with Gasteiger partial charge in [0.05, 0.1) is 0 Å². The van der Waals surface area contributed by atoms with Crippen molar-refractivity contribution in [3.8, 4) is 0 Å². The summed E-state index contributed by atoms with van der Waals surface area (Å²) in [5.41, 5.74) is 0. The lowest BCUT2D eigenvalue weighted by Gasteiger charge is -1.97. The molecule has 1 aliphatic carbocycles. The van der Waals surface area contributed by atoms with Gasteiger partial charge < -0.3 is 0 Å². The zero-order chi connectivity index (χ0) is 6.53. The molecule has 0 aliphatic heterocycles. The van der Waals surface area contributed by atoms with Crippen molar-refractivity contribution >= 4 is 11.6 Å². The van der Waals surface area contributed by atoms with Gasteiger partial charge in [-0.25, -0.2) is 0 Å². The molecule has 0 bridgehead atoms. The first-order valence-electron chi connectivity index (χ1n) is 3.42. The lowest BCUT2D eigenvalue weighted by Crippen LogP contribution is -1.77. The van der Waals surface area contributed by atoms with Crippen LogP contribution < -0.4 is 0 Å². The molecule has 9 heavy (non-hydrogen) atoms. The Morgan fingerprint density at radius 3 is 2.89 bits per heavy atom. The standard InChI is InChI=1S/C8H11Cl/c9-8-6-4-2-1-3-5-7-8/h4,6-7H,1-3,5H2. The molecular weight excluding hydrogens is 132 g/mol. The van der Waals surface area contributed by atoms with E-state index in [0.29, 0.717) is 0 Å². The molecule has 0 unspecified atom stereocenters. The predicted octanol–water partition coefficient (Wildman–Crippen LogP) is 3.24. The lowest BCUT2D eigenvalue weighted by molar-refractivity contribution is 0.757. The summed E-state index contributed by atoms with van der Waals surface area (Å²) < 4.78 is 0. The summed E-state index contributed by atoms with van der Waals surface area (Å²) in [7, 11) is 0. The van der Waals surface area contributed by atoms with Crippen LogP contribution in [0.4, 0.5) is 0 Å². The van der Waals surface area contributed by atoms with Crippen LogP contribution in [0.3, 0.4) is 0 Å². The quantitative estimate of drug-likeness (QED) is 0.487. The van der Waals surface area contributed by atoms with Gasteiger partial charge in [0.15, 0.2) is 0 Å². The Morgan fingerprint density at radius 1 is 1.22 bits per heavy atom. The predicted molar refractivity (Wildman–Crippen MR) is 41.5 cm³/mol. The zero-order valence-electron chi connectivity index (χ0n) is 5.44. The fourth-order valence-corrected chi connectivity index (χ4v) is 1.11. The number of allylic oxidation sites excluding steroid dienone is 4. The molecule has 0 saturated carbocycles. The summed E-state index contributed by atoms with van der Waals surface area (Å²) in [5.74, 6) is 0. The van der Waals surface area contributed by atoms with E-state index in [4.69, 9.17) is 11.6 Å². The smallest absolute Gasteiger partial charge is 0.0362 e. The van der Waals surface area contributed by atoms with E-state index in [1.54, 1.807) is 0 Å². The SMILES string of the molecule is ClC1=CCCCCC=C1. The van der Waals surface area contributed by atoms with Gasteiger partial charge in [-0.15, -0.1) is 0 Å². The molecule has 50 valence electrons. The van der Waals surface area contributed by atoms with E-state index in [0.717, 1.165) is 11.5 Å². The third kappa shape index (κ3) is 2.71. The summed E-state index contributed by atoms with van der Waals surface area (Å²) in [4.78, 5) is 0. The minimum Gasteiger partial charge on any atom is -0.0847 e. The zero-order valence-corrected chi connectivity index (χ0v) is 6.19. The van der Waals surface area contributed by atoms with Gasteiger partial charge in [-0.1, -0.05) is 23.8 Å². The van der Waals surface area contributed by atoms with Crippen LogP contribution in [0.2, 0.25) is 0 Å². The minimum absolute atomic E-state index is 0.898. The topological polar surface area (TPSA) is 0 Å². The lowest BCUT2D eigenvalue weighted by atomic mass is 10.1. The van der Waals surface area contributed by atoms with Gasteiger partial charge in [0.25, 0.3) is 0 Å². The second-order valence-corrected chi connectivity index (χ2v) is 2.71. The summed E-state index contributed by atoms with van der Waals surface area (Å²) in [6, 6.07) is 0. The maximum atomic E-state index is 5.77. The normalized spacial score (nSPS) is 20.3. The van der Waals surface area contributed by atoms with Crippen LogP contribution in [0.25, 0.3) is 0 Å². The van der Waals surface area contributed by atoms with E-state index in [1.165, 1.54) is 19.3 Å². The first-order chi connectivity index (χ1) is 4.39. The van der Waals surface area contributed by atoms with Crippen molar-refractivity contribution in [1.82, 2.24) is 0 Å². The van der Waals surface area contributed by atoms with Crippen LogP contribution in [0.5, 0.6) is 0 Å². The summed E-state index contributed by atoms with van der Waals surface area (Å²) >= 11 is 5.77. The van der Waals surface area contributed by atoms with Gasteiger partial charge in [0.2, 0.25) is 0 Å². The first-order valence-corrected chi connectivity index (χ1v) is 3.79. The van der Waals surface area contributed by atoms with E-state index in [1.807, 2.05) is 6.08 Å². The maximum Gasteiger partial charge on any atom is 0.0362 e. The Kier molecular flexibility index (Phi) is 2.85. The Bertz CT molecular complexity index is 134. The average molecular weight is 143 g/mol. The Balaban J connectivity index is 2.49. The van der Waals surface area contributed by atoms with Crippen molar-refractivity contribution in [2.45, 2.75) is 25.7 Å². The monoisotopic (exact) mass is 142 g/mol. The third-order valence-electron chi connectivity index (χ3n) is 1.44. The Hall–Kier alpha value is -0.230. The van der Waals surface area contributed by atoms with Crippen LogP contribution in [0.15, 0.2) is 23.3 Å². The molecule has 1 rings (SSSR count). The van der Waals surface area contributed by atoms with Crippen molar-refractivity contribution in [3.63, 3.8) is 0 Å². The summed E-state index contributed by atoms with van der Waals surface area (Å²) in [6.07, 6.45) is 11.1. The van der Waals surface area contributed by atoms with Crippen LogP contribution in [-0.2, 0) is 0 Å². The maximum absolute atomic E-state index is 5.77. The number of halogens is 1. The van der Waals surface area contributed by atoms with Crippen molar-refractivity contribution in [3.05, 3.63) is 23.3 Å². The molecule has 0 aromatic carbocycles.